The number of nitrogens with one attached hydrogen (secondary N) is 2. The first-order valence-electron chi connectivity index (χ1n) is 11.2. The highest BCUT2D eigenvalue weighted by Gasteiger charge is 2.34. The van der Waals surface area contributed by atoms with E-state index in [1.54, 1.807) is 20.4 Å². The Morgan fingerprint density at radius 1 is 1.27 bits per heavy atom. The number of pyridine rings is 1. The third kappa shape index (κ3) is 4.06. The molecule has 2 aliphatic heterocycles. The van der Waals surface area contributed by atoms with E-state index in [-0.39, 0.29) is 45.4 Å². The second-order valence-corrected chi connectivity index (χ2v) is 9.84. The number of carbonyl (C=O) groups is 2. The second-order valence-electron chi connectivity index (χ2n) is 8.53. The van der Waals surface area contributed by atoms with E-state index in [2.05, 4.69) is 15.0 Å². The maximum Gasteiger partial charge on any atom is 0.342 e. The van der Waals surface area contributed by atoms with Crippen LogP contribution in [0.4, 0.5) is 16.0 Å². The Balaban J connectivity index is 1.37. The minimum absolute atomic E-state index is 0.0199. The monoisotopic (exact) mass is 527 g/mol. The van der Waals surface area contributed by atoms with Gasteiger partial charge in [-0.2, -0.15) is 4.99 Å². The van der Waals surface area contributed by atoms with Crippen LogP contribution in [0.2, 0.25) is 0 Å². The number of nitrogens with zero attached hydrogens (tertiary/aromatic N) is 5. The van der Waals surface area contributed by atoms with E-state index in [1.807, 2.05) is 6.92 Å². The molecule has 1 saturated heterocycles. The van der Waals surface area contributed by atoms with Crippen molar-refractivity contribution >= 4 is 57.8 Å². The Bertz CT molecular complexity index is 1570. The van der Waals surface area contributed by atoms with Crippen LogP contribution < -0.4 is 21.8 Å². The molecule has 37 heavy (non-hydrogen) atoms. The normalized spacial score (nSPS) is 17.5. The maximum atomic E-state index is 15.2. The predicted octanol–water partition coefficient (Wildman–Crippen LogP) is 1.07. The van der Waals surface area contributed by atoms with E-state index in [9.17, 15) is 19.5 Å². The van der Waals surface area contributed by atoms with Crippen molar-refractivity contribution in [2.45, 2.75) is 17.3 Å². The van der Waals surface area contributed by atoms with E-state index in [4.69, 9.17) is 16.9 Å². The van der Waals surface area contributed by atoms with E-state index in [0.717, 1.165) is 6.07 Å². The van der Waals surface area contributed by atoms with Crippen LogP contribution in [0.15, 0.2) is 33.1 Å². The number of aromatic amines is 1. The van der Waals surface area contributed by atoms with Crippen LogP contribution in [0.5, 0.6) is 0 Å². The highest BCUT2D eigenvalue weighted by atomic mass is 32.2. The molecule has 3 aromatic rings. The number of benzene rings is 1. The lowest BCUT2D eigenvalue weighted by atomic mass is 10.1. The van der Waals surface area contributed by atoms with Crippen LogP contribution >= 0.6 is 11.8 Å². The molecule has 13 nitrogen and oxygen atoms in total. The molecule has 0 saturated carbocycles. The summed E-state index contributed by atoms with van der Waals surface area (Å²) in [5.74, 6) is -2.91. The van der Waals surface area contributed by atoms with Crippen molar-refractivity contribution in [1.82, 2.24) is 19.4 Å². The second kappa shape index (κ2) is 8.92. The van der Waals surface area contributed by atoms with E-state index in [0.29, 0.717) is 36.7 Å². The molecule has 0 spiro atoms. The van der Waals surface area contributed by atoms with Crippen LogP contribution in [0, 0.1) is 11.2 Å². The van der Waals surface area contributed by atoms with Crippen LogP contribution in [-0.4, -0.2) is 74.3 Å². The predicted molar refractivity (Wildman–Crippen MR) is 136 cm³/mol. The summed E-state index contributed by atoms with van der Waals surface area (Å²) in [4.78, 5) is 51.2. The number of amidine groups is 2. The Morgan fingerprint density at radius 2 is 1.97 bits per heavy atom. The molecule has 1 amide bonds. The molecular weight excluding hydrogens is 505 g/mol. The smallest absolute Gasteiger partial charge is 0.342 e. The van der Waals surface area contributed by atoms with E-state index >= 15 is 4.39 Å². The number of aromatic nitrogens is 3. The lowest BCUT2D eigenvalue weighted by Gasteiger charge is -2.37. The van der Waals surface area contributed by atoms with Gasteiger partial charge in [-0.3, -0.25) is 15.0 Å². The molecule has 0 bridgehead atoms. The fraction of sp³-hybridized carbons (Fsp3) is 0.273. The molecule has 192 valence electrons. The van der Waals surface area contributed by atoms with Crippen molar-refractivity contribution in [2.75, 3.05) is 31.1 Å². The number of thioether (sulfide) groups is 1. The van der Waals surface area contributed by atoms with Gasteiger partial charge in [-0.05, 0) is 19.1 Å². The number of piperazine rings is 1. The van der Waals surface area contributed by atoms with Crippen molar-refractivity contribution in [3.8, 4) is 0 Å². The molecule has 2 aliphatic rings. The van der Waals surface area contributed by atoms with Crippen LogP contribution in [0.3, 0.4) is 0 Å². The lowest BCUT2D eigenvalue weighted by molar-refractivity contribution is 0.0688. The van der Waals surface area contributed by atoms with Crippen molar-refractivity contribution in [3.63, 3.8) is 0 Å². The number of H-pyrrole nitrogens is 1. The molecule has 5 rings (SSSR count). The first kappa shape index (κ1) is 24.3. The number of fused-ring (bicyclic) bond motifs is 3. The molecule has 2 aromatic heterocycles. The summed E-state index contributed by atoms with van der Waals surface area (Å²) in [6, 6.07) is 2.67. The summed E-state index contributed by atoms with van der Waals surface area (Å²) >= 11 is 1.28. The van der Waals surface area contributed by atoms with Crippen LogP contribution in [0.25, 0.3) is 10.9 Å². The molecule has 15 heteroatoms. The number of rotatable bonds is 4. The molecule has 4 heterocycles. The van der Waals surface area contributed by atoms with Gasteiger partial charge in [0.25, 0.3) is 5.91 Å². The summed E-state index contributed by atoms with van der Waals surface area (Å²) in [6.07, 6.45) is 1.31. The molecular formula is C22H22FN9O4S. The topological polar surface area (TPSA) is 200 Å². The Morgan fingerprint density at radius 3 is 2.59 bits per heavy atom. The van der Waals surface area contributed by atoms with Crippen molar-refractivity contribution in [1.29, 1.82) is 5.41 Å². The zero-order valence-corrected chi connectivity index (χ0v) is 20.3. The SMILES string of the molecule is CC1Sc2c(C(=O)O)c(=O)c3cc(F)c(N4CCN(C(=O)c5cnc(N=C(N)C(=N)N)[nH]5)CC4)cc3n21. The van der Waals surface area contributed by atoms with Gasteiger partial charge in [-0.15, -0.1) is 0 Å². The Kier molecular flexibility index (Phi) is 5.86. The highest BCUT2D eigenvalue weighted by Crippen LogP contribution is 2.46. The largest absolute Gasteiger partial charge is 0.477 e. The number of anilines is 1. The standard InChI is InChI=1S/C22H22FN9O4S/c1-9-32-13-7-14(11(23)6-10(13)16(33)15(21(35)36)20(32)37-9)30-2-4-31(5-3-30)19(34)12-8-27-22(28-12)29-18(26)17(24)25/h6-9H,2-5H2,1H3,(H3,24,25)(H,35,36)(H3,26,27,28,29). The Hall–Kier alpha value is -4.40. The van der Waals surface area contributed by atoms with Gasteiger partial charge in [-0.25, -0.2) is 14.2 Å². The third-order valence-corrected chi connectivity index (χ3v) is 7.47. The van der Waals surface area contributed by atoms with Gasteiger partial charge in [0.2, 0.25) is 11.4 Å². The number of hydrogen-bond donors (Lipinski definition) is 5. The van der Waals surface area contributed by atoms with Crippen LogP contribution in [0.1, 0.15) is 33.1 Å². The summed E-state index contributed by atoms with van der Waals surface area (Å²) in [6.45, 7) is 3.14. The number of carboxylic acid groups (broad SMARTS) is 1. The molecule has 0 radical (unpaired) electrons. The molecule has 0 aliphatic carbocycles. The summed E-state index contributed by atoms with van der Waals surface area (Å²) in [5, 5.41) is 17.0. The molecule has 7 N–H and O–H groups in total. The minimum Gasteiger partial charge on any atom is -0.477 e. The number of amides is 1. The highest BCUT2D eigenvalue weighted by molar-refractivity contribution is 8.00. The number of aromatic carboxylic acids is 1. The van der Waals surface area contributed by atoms with Crippen LogP contribution in [-0.2, 0) is 0 Å². The zero-order chi connectivity index (χ0) is 26.6. The first-order chi connectivity index (χ1) is 17.6. The van der Waals surface area contributed by atoms with E-state index < -0.39 is 23.1 Å². The number of hydrogen-bond acceptors (Lipinski definition) is 8. The average molecular weight is 528 g/mol. The number of imidazole rings is 1. The fourth-order valence-corrected chi connectivity index (χ4v) is 5.59. The van der Waals surface area contributed by atoms with E-state index in [1.165, 1.54) is 18.0 Å². The zero-order valence-electron chi connectivity index (χ0n) is 19.5. The average Bonchev–Trinajstić information content (AvgIpc) is 3.31. The Labute approximate surface area is 212 Å². The van der Waals surface area contributed by atoms with Gasteiger partial charge in [0.15, 0.2) is 11.7 Å². The van der Waals surface area contributed by atoms with Gasteiger partial charge in [0, 0.05) is 31.6 Å². The number of nitrogens with two attached hydrogens (primary N) is 2. The lowest BCUT2D eigenvalue weighted by Crippen LogP contribution is -2.49. The van der Waals surface area contributed by atoms with Crippen molar-refractivity contribution in [2.24, 2.45) is 16.5 Å². The fourth-order valence-electron chi connectivity index (χ4n) is 4.44. The molecule has 1 aromatic carbocycles. The first-order valence-corrected chi connectivity index (χ1v) is 12.0. The molecule has 1 fully saturated rings. The summed E-state index contributed by atoms with van der Waals surface area (Å²) in [5.41, 5.74) is 10.7. The quantitative estimate of drug-likeness (QED) is 0.243. The number of halogens is 1. The maximum absolute atomic E-state index is 15.2. The number of carboxylic acids is 1. The van der Waals surface area contributed by atoms with Gasteiger partial charge in [0.05, 0.1) is 27.8 Å². The van der Waals surface area contributed by atoms with Gasteiger partial charge in [-0.1, -0.05) is 11.8 Å². The molecule has 1 unspecified atom stereocenters. The number of carbonyl (C=O) groups excluding carboxylic acids is 1. The van der Waals surface area contributed by atoms with Gasteiger partial charge >= 0.3 is 5.97 Å². The van der Waals surface area contributed by atoms with Crippen molar-refractivity contribution in [3.05, 3.63) is 45.6 Å². The van der Waals surface area contributed by atoms with Gasteiger partial charge in [0.1, 0.15) is 17.1 Å². The third-order valence-electron chi connectivity index (χ3n) is 6.29. The summed E-state index contributed by atoms with van der Waals surface area (Å²) < 4.78 is 16.9. The van der Waals surface area contributed by atoms with Crippen molar-refractivity contribution < 1.29 is 19.1 Å². The minimum atomic E-state index is -1.33. The molecule has 1 atom stereocenters. The number of aliphatic imine (C=N–C) groups is 1. The summed E-state index contributed by atoms with van der Waals surface area (Å²) in [7, 11) is 0. The van der Waals surface area contributed by atoms with Gasteiger partial charge < -0.3 is 35.9 Å².